The van der Waals surface area contributed by atoms with Crippen LogP contribution in [0.15, 0.2) is 28.7 Å². The van der Waals surface area contributed by atoms with E-state index in [1.807, 2.05) is 31.2 Å². The van der Waals surface area contributed by atoms with Gasteiger partial charge in [0.05, 0.1) is 11.3 Å². The number of nitrogens with zero attached hydrogens (tertiary/aromatic N) is 3. The van der Waals surface area contributed by atoms with Crippen molar-refractivity contribution in [3.63, 3.8) is 0 Å². The largest absolute Gasteiger partial charge is 0.492 e. The molecule has 1 aliphatic carbocycles. The smallest absolute Gasteiger partial charge is 0.316 e. The van der Waals surface area contributed by atoms with Gasteiger partial charge in [-0.2, -0.15) is 0 Å². The Morgan fingerprint density at radius 2 is 2.17 bits per heavy atom. The van der Waals surface area contributed by atoms with E-state index in [-0.39, 0.29) is 30.8 Å². The number of fused-ring (bicyclic) bond motifs is 1. The first-order chi connectivity index (χ1) is 14.4. The molecule has 30 heavy (non-hydrogen) atoms. The maximum atomic E-state index is 13.6. The molecule has 2 fully saturated rings. The van der Waals surface area contributed by atoms with Gasteiger partial charge in [-0.15, -0.1) is 5.10 Å². The number of nitrogens with one attached hydrogen (secondary N) is 1. The molecule has 1 amide bonds. The Kier molecular flexibility index (Phi) is 4.44. The van der Waals surface area contributed by atoms with E-state index in [0.717, 1.165) is 17.7 Å². The standard InChI is InChI=1S/C21H24F2N4O3/c1-2-15(18(28)27-8-7-20(12-27)11-21(20,22)23)24-19-26-25-17(30-19)14-9-13-5-3-4-6-16(13)29-10-14/h3-6,14-15H,2,7-12H2,1H3,(H,24,26)/t14-,15-,20+/m0/s1. The maximum Gasteiger partial charge on any atom is 0.316 e. The van der Waals surface area contributed by atoms with Gasteiger partial charge < -0.3 is 19.4 Å². The van der Waals surface area contributed by atoms with E-state index < -0.39 is 17.4 Å². The Morgan fingerprint density at radius 3 is 2.90 bits per heavy atom. The van der Waals surface area contributed by atoms with Gasteiger partial charge in [0.15, 0.2) is 0 Å². The van der Waals surface area contributed by atoms with Crippen LogP contribution >= 0.6 is 0 Å². The molecule has 7 nitrogen and oxygen atoms in total. The molecular formula is C21H24F2N4O3. The first kappa shape index (κ1) is 19.3. The summed E-state index contributed by atoms with van der Waals surface area (Å²) in [5, 5.41) is 11.2. The number of para-hydroxylation sites is 1. The number of halogens is 2. The minimum absolute atomic E-state index is 0.0609. The van der Waals surface area contributed by atoms with E-state index in [2.05, 4.69) is 15.5 Å². The molecule has 3 atom stereocenters. The Morgan fingerprint density at radius 1 is 1.37 bits per heavy atom. The first-order valence-electron chi connectivity index (χ1n) is 10.4. The third kappa shape index (κ3) is 3.20. The van der Waals surface area contributed by atoms with Gasteiger partial charge in [-0.25, -0.2) is 8.78 Å². The highest BCUT2D eigenvalue weighted by Gasteiger charge is 2.73. The summed E-state index contributed by atoms with van der Waals surface area (Å²) in [6.07, 6.45) is 1.46. The third-order valence-corrected chi connectivity index (χ3v) is 6.55. The predicted octanol–water partition coefficient (Wildman–Crippen LogP) is 3.24. The molecule has 3 aliphatic rings. The number of hydrogen-bond acceptors (Lipinski definition) is 6. The van der Waals surface area contributed by atoms with Crippen molar-refractivity contribution in [2.45, 2.75) is 50.5 Å². The summed E-state index contributed by atoms with van der Waals surface area (Å²) < 4.78 is 38.8. The van der Waals surface area contributed by atoms with Crippen LogP contribution in [0, 0.1) is 5.41 Å². The van der Waals surface area contributed by atoms with Crippen LogP contribution in [-0.4, -0.2) is 52.7 Å². The molecule has 1 saturated heterocycles. The van der Waals surface area contributed by atoms with Crippen molar-refractivity contribution >= 4 is 11.9 Å². The van der Waals surface area contributed by atoms with Crippen molar-refractivity contribution in [1.29, 1.82) is 0 Å². The number of amides is 1. The molecule has 1 saturated carbocycles. The van der Waals surface area contributed by atoms with Crippen LogP contribution in [0.2, 0.25) is 0 Å². The second kappa shape index (κ2) is 6.92. The minimum Gasteiger partial charge on any atom is -0.492 e. The van der Waals surface area contributed by atoms with Gasteiger partial charge in [0.1, 0.15) is 18.4 Å². The Bertz CT molecular complexity index is 965. The molecule has 0 bridgehead atoms. The number of benzene rings is 1. The molecule has 160 valence electrons. The van der Waals surface area contributed by atoms with Gasteiger partial charge in [0, 0.05) is 19.5 Å². The summed E-state index contributed by atoms with van der Waals surface area (Å²) in [4.78, 5) is 14.4. The van der Waals surface area contributed by atoms with E-state index in [9.17, 15) is 13.6 Å². The molecule has 2 aliphatic heterocycles. The number of alkyl halides is 2. The van der Waals surface area contributed by atoms with Gasteiger partial charge >= 0.3 is 6.01 Å². The number of aromatic nitrogens is 2. The number of carbonyl (C=O) groups excluding carboxylic acids is 1. The molecule has 1 aromatic carbocycles. The molecule has 1 aromatic heterocycles. The topological polar surface area (TPSA) is 80.5 Å². The van der Waals surface area contributed by atoms with Crippen molar-refractivity contribution in [3.8, 4) is 5.75 Å². The second-order valence-electron chi connectivity index (χ2n) is 8.54. The summed E-state index contributed by atoms with van der Waals surface area (Å²) in [6.45, 7) is 2.78. The highest BCUT2D eigenvalue weighted by Crippen LogP contribution is 2.65. The van der Waals surface area contributed by atoms with Gasteiger partial charge in [0.25, 0.3) is 5.92 Å². The zero-order chi connectivity index (χ0) is 20.9. The lowest BCUT2D eigenvalue weighted by molar-refractivity contribution is -0.131. The molecule has 0 radical (unpaired) electrons. The lowest BCUT2D eigenvalue weighted by Gasteiger charge is -2.23. The van der Waals surface area contributed by atoms with E-state index in [1.54, 1.807) is 0 Å². The average molecular weight is 418 g/mol. The van der Waals surface area contributed by atoms with Crippen LogP contribution in [0.4, 0.5) is 14.8 Å². The predicted molar refractivity (Wildman–Crippen MR) is 104 cm³/mol. The highest BCUT2D eigenvalue weighted by atomic mass is 19.3. The molecule has 9 heteroatoms. The number of hydrogen-bond donors (Lipinski definition) is 1. The average Bonchev–Trinajstić information content (AvgIpc) is 3.14. The molecule has 3 heterocycles. The van der Waals surface area contributed by atoms with Crippen molar-refractivity contribution < 1.29 is 22.7 Å². The Labute approximate surface area is 172 Å². The van der Waals surface area contributed by atoms with E-state index in [4.69, 9.17) is 9.15 Å². The van der Waals surface area contributed by atoms with Crippen molar-refractivity contribution in [1.82, 2.24) is 15.1 Å². The number of rotatable bonds is 5. The van der Waals surface area contributed by atoms with Crippen LogP contribution in [0.1, 0.15) is 43.6 Å². The van der Waals surface area contributed by atoms with Gasteiger partial charge in [-0.1, -0.05) is 30.2 Å². The fourth-order valence-corrected chi connectivity index (χ4v) is 4.54. The third-order valence-electron chi connectivity index (χ3n) is 6.55. The monoisotopic (exact) mass is 418 g/mol. The van der Waals surface area contributed by atoms with Crippen molar-refractivity contribution in [2.75, 3.05) is 25.0 Å². The molecule has 2 aromatic rings. The van der Waals surface area contributed by atoms with E-state index in [0.29, 0.717) is 31.9 Å². The Hall–Kier alpha value is -2.71. The number of anilines is 1. The number of carbonyl (C=O) groups is 1. The highest BCUT2D eigenvalue weighted by molar-refractivity contribution is 5.84. The molecule has 1 N–H and O–H groups in total. The second-order valence-corrected chi connectivity index (χ2v) is 8.54. The van der Waals surface area contributed by atoms with E-state index in [1.165, 1.54) is 4.90 Å². The van der Waals surface area contributed by atoms with Crippen LogP contribution in [0.25, 0.3) is 0 Å². The molecule has 5 rings (SSSR count). The fraction of sp³-hybridized carbons (Fsp3) is 0.571. The Balaban J connectivity index is 1.23. The normalized spacial score (nSPS) is 27.4. The van der Waals surface area contributed by atoms with Crippen LogP contribution in [0.3, 0.4) is 0 Å². The number of ether oxygens (including phenoxy) is 1. The summed E-state index contributed by atoms with van der Waals surface area (Å²) >= 11 is 0. The summed E-state index contributed by atoms with van der Waals surface area (Å²) in [5.74, 6) is -1.58. The quantitative estimate of drug-likeness (QED) is 0.803. The maximum absolute atomic E-state index is 13.6. The zero-order valence-corrected chi connectivity index (χ0v) is 16.7. The molecule has 1 spiro atoms. The molecular weight excluding hydrogens is 394 g/mol. The minimum atomic E-state index is -2.64. The lowest BCUT2D eigenvalue weighted by atomic mass is 9.97. The summed E-state index contributed by atoms with van der Waals surface area (Å²) in [5.41, 5.74) is 0.0819. The van der Waals surface area contributed by atoms with E-state index >= 15 is 0 Å². The van der Waals surface area contributed by atoms with Gasteiger partial charge in [-0.05, 0) is 30.9 Å². The molecule has 0 unspecified atom stereocenters. The fourth-order valence-electron chi connectivity index (χ4n) is 4.54. The summed E-state index contributed by atoms with van der Waals surface area (Å²) in [7, 11) is 0. The van der Waals surface area contributed by atoms with Crippen LogP contribution < -0.4 is 10.1 Å². The summed E-state index contributed by atoms with van der Waals surface area (Å²) in [6, 6.07) is 7.41. The van der Waals surface area contributed by atoms with Gasteiger partial charge in [-0.3, -0.25) is 4.79 Å². The van der Waals surface area contributed by atoms with Gasteiger partial charge in [0.2, 0.25) is 11.8 Å². The van der Waals surface area contributed by atoms with Crippen LogP contribution in [-0.2, 0) is 11.2 Å². The van der Waals surface area contributed by atoms with Crippen molar-refractivity contribution in [2.24, 2.45) is 5.41 Å². The van der Waals surface area contributed by atoms with Crippen molar-refractivity contribution in [3.05, 3.63) is 35.7 Å². The van der Waals surface area contributed by atoms with Crippen LogP contribution in [0.5, 0.6) is 5.75 Å². The lowest BCUT2D eigenvalue weighted by Crippen LogP contribution is -2.42. The zero-order valence-electron chi connectivity index (χ0n) is 16.7. The number of likely N-dealkylation sites (tertiary alicyclic amines) is 1. The first-order valence-corrected chi connectivity index (χ1v) is 10.4. The SMILES string of the molecule is CC[C@H](Nc1nnc([C@@H]2COc3ccccc3C2)o1)C(=O)N1CC[C@]2(C1)CC2(F)F.